The first kappa shape index (κ1) is 23.7. The summed E-state index contributed by atoms with van der Waals surface area (Å²) in [7, 11) is 6.03. The van der Waals surface area contributed by atoms with Crippen LogP contribution in [0.3, 0.4) is 0 Å². The zero-order valence-corrected chi connectivity index (χ0v) is 18.2. The van der Waals surface area contributed by atoms with Crippen molar-refractivity contribution in [2.45, 2.75) is 25.8 Å². The predicted molar refractivity (Wildman–Crippen MR) is 114 cm³/mol. The first-order chi connectivity index (χ1) is 14.8. The molecule has 31 heavy (non-hydrogen) atoms. The Morgan fingerprint density at radius 1 is 0.903 bits per heavy atom. The molecular weight excluding hydrogens is 404 g/mol. The molecule has 0 saturated heterocycles. The van der Waals surface area contributed by atoms with Crippen LogP contribution in [0.4, 0.5) is 0 Å². The predicted octanol–water partition coefficient (Wildman–Crippen LogP) is -0.143. The van der Waals surface area contributed by atoms with Crippen molar-refractivity contribution in [2.24, 2.45) is 14.1 Å². The van der Waals surface area contributed by atoms with E-state index in [1.807, 2.05) is 12.1 Å². The molecule has 2 N–H and O–H groups in total. The monoisotopic (exact) mass is 432 g/mol. The summed E-state index contributed by atoms with van der Waals surface area (Å²) in [6.07, 6.45) is 0.878. The molecule has 168 valence electrons. The lowest BCUT2D eigenvalue weighted by molar-refractivity contribution is -0.122. The molecule has 0 radical (unpaired) electrons. The minimum absolute atomic E-state index is 0.0495. The third kappa shape index (κ3) is 6.46. The second-order valence-corrected chi connectivity index (χ2v) is 6.94. The van der Waals surface area contributed by atoms with Gasteiger partial charge < -0.3 is 20.1 Å². The zero-order valence-electron chi connectivity index (χ0n) is 18.2. The van der Waals surface area contributed by atoms with E-state index in [0.29, 0.717) is 23.6 Å². The fraction of sp³-hybridized carbons (Fsp3) is 0.429. The standard InChI is InChI=1S/C21H28N4O6/c1-24-15(12-20(28)25(2)21(24)29)13-23-19(27)9-10-22-18(26)8-6-14-5-7-16(30-3)17(11-14)31-4/h5,7,11-12H,6,8-10,13H2,1-4H3,(H,22,26)(H,23,27). The molecule has 0 unspecified atom stereocenters. The molecule has 0 saturated carbocycles. The molecule has 10 nitrogen and oxygen atoms in total. The van der Waals surface area contributed by atoms with Crippen molar-refractivity contribution in [1.82, 2.24) is 19.8 Å². The Morgan fingerprint density at radius 3 is 2.26 bits per heavy atom. The van der Waals surface area contributed by atoms with Crippen LogP contribution in [0.1, 0.15) is 24.1 Å². The summed E-state index contributed by atoms with van der Waals surface area (Å²) in [5, 5.41) is 5.35. The van der Waals surface area contributed by atoms with E-state index in [1.165, 1.54) is 24.7 Å². The zero-order chi connectivity index (χ0) is 23.0. The van der Waals surface area contributed by atoms with Crippen molar-refractivity contribution in [3.63, 3.8) is 0 Å². The van der Waals surface area contributed by atoms with Gasteiger partial charge >= 0.3 is 5.69 Å². The number of amides is 2. The van der Waals surface area contributed by atoms with Crippen LogP contribution in [0.25, 0.3) is 0 Å². The van der Waals surface area contributed by atoms with Crippen molar-refractivity contribution < 1.29 is 19.1 Å². The van der Waals surface area contributed by atoms with Crippen molar-refractivity contribution in [3.05, 3.63) is 56.4 Å². The van der Waals surface area contributed by atoms with E-state index in [9.17, 15) is 19.2 Å². The molecule has 1 aromatic carbocycles. The van der Waals surface area contributed by atoms with E-state index in [2.05, 4.69) is 10.6 Å². The molecule has 2 amide bonds. The first-order valence-electron chi connectivity index (χ1n) is 9.77. The summed E-state index contributed by atoms with van der Waals surface area (Å²) in [5.74, 6) is 0.758. The molecule has 0 spiro atoms. The Kier molecular flexibility index (Phi) is 8.42. The molecule has 2 aromatic rings. The van der Waals surface area contributed by atoms with Gasteiger partial charge in [-0.15, -0.1) is 0 Å². The lowest BCUT2D eigenvalue weighted by atomic mass is 10.1. The normalized spacial score (nSPS) is 10.5. The average molecular weight is 432 g/mol. The quantitative estimate of drug-likeness (QED) is 0.539. The molecule has 1 heterocycles. The fourth-order valence-electron chi connectivity index (χ4n) is 2.92. The van der Waals surface area contributed by atoms with Gasteiger partial charge in [0.15, 0.2) is 11.5 Å². The van der Waals surface area contributed by atoms with Gasteiger partial charge in [-0.1, -0.05) is 6.07 Å². The maximum absolute atomic E-state index is 12.0. The molecular formula is C21H28N4O6. The van der Waals surface area contributed by atoms with Crippen LogP contribution in [0, 0.1) is 0 Å². The second-order valence-electron chi connectivity index (χ2n) is 6.94. The molecule has 0 aliphatic heterocycles. The molecule has 1 aromatic heterocycles. The summed E-state index contributed by atoms with van der Waals surface area (Å²) in [6.45, 7) is 0.236. The van der Waals surface area contributed by atoms with Crippen LogP contribution >= 0.6 is 0 Å². The summed E-state index contributed by atoms with van der Waals surface area (Å²) < 4.78 is 12.7. The number of aromatic nitrogens is 2. The summed E-state index contributed by atoms with van der Waals surface area (Å²) >= 11 is 0. The van der Waals surface area contributed by atoms with Gasteiger partial charge in [-0.3, -0.25) is 23.5 Å². The van der Waals surface area contributed by atoms with E-state index < -0.39 is 11.2 Å². The Labute approximate surface area is 179 Å². The highest BCUT2D eigenvalue weighted by Gasteiger charge is 2.10. The molecule has 2 rings (SSSR count). The summed E-state index contributed by atoms with van der Waals surface area (Å²) in [6, 6.07) is 6.78. The van der Waals surface area contributed by atoms with Crippen molar-refractivity contribution in [1.29, 1.82) is 0 Å². The van der Waals surface area contributed by atoms with E-state index in [1.54, 1.807) is 20.3 Å². The Balaban J connectivity index is 1.74. The minimum Gasteiger partial charge on any atom is -0.493 e. The Morgan fingerprint density at radius 2 is 1.58 bits per heavy atom. The highest BCUT2D eigenvalue weighted by Crippen LogP contribution is 2.27. The molecule has 0 atom stereocenters. The third-order valence-corrected chi connectivity index (χ3v) is 4.85. The van der Waals surface area contributed by atoms with Gasteiger partial charge in [0.2, 0.25) is 11.8 Å². The van der Waals surface area contributed by atoms with Crippen molar-refractivity contribution in [3.8, 4) is 11.5 Å². The second kappa shape index (κ2) is 11.0. The number of carbonyl (C=O) groups is 2. The largest absolute Gasteiger partial charge is 0.493 e. The molecule has 0 bridgehead atoms. The SMILES string of the molecule is COc1ccc(CCC(=O)NCCC(=O)NCc2cc(=O)n(C)c(=O)n2C)cc1OC. The van der Waals surface area contributed by atoms with Crippen molar-refractivity contribution >= 4 is 11.8 Å². The highest BCUT2D eigenvalue weighted by molar-refractivity contribution is 5.79. The first-order valence-corrected chi connectivity index (χ1v) is 9.77. The average Bonchev–Trinajstić information content (AvgIpc) is 2.77. The van der Waals surface area contributed by atoms with Gasteiger partial charge in [0.25, 0.3) is 5.56 Å². The van der Waals surface area contributed by atoms with Crippen molar-refractivity contribution in [2.75, 3.05) is 20.8 Å². The van der Waals surface area contributed by atoms with Crippen LogP contribution in [-0.4, -0.2) is 41.7 Å². The lowest BCUT2D eigenvalue weighted by Crippen LogP contribution is -2.39. The van der Waals surface area contributed by atoms with Crippen LogP contribution < -0.4 is 31.4 Å². The minimum atomic E-state index is -0.460. The number of nitrogens with one attached hydrogen (secondary N) is 2. The number of aryl methyl sites for hydroxylation is 1. The van der Waals surface area contributed by atoms with E-state index in [-0.39, 0.29) is 37.7 Å². The maximum atomic E-state index is 12.0. The fourth-order valence-corrected chi connectivity index (χ4v) is 2.92. The van der Waals surface area contributed by atoms with Crippen LogP contribution in [0.5, 0.6) is 11.5 Å². The Hall–Kier alpha value is -3.56. The number of carbonyl (C=O) groups excluding carboxylic acids is 2. The third-order valence-electron chi connectivity index (χ3n) is 4.85. The molecule has 0 fully saturated rings. The molecule has 0 aliphatic carbocycles. The number of benzene rings is 1. The van der Waals surface area contributed by atoms with Crippen LogP contribution in [0.15, 0.2) is 33.9 Å². The number of ether oxygens (including phenoxy) is 2. The van der Waals surface area contributed by atoms with Crippen LogP contribution in [0.2, 0.25) is 0 Å². The van der Waals surface area contributed by atoms with E-state index in [4.69, 9.17) is 9.47 Å². The van der Waals surface area contributed by atoms with Gasteiger partial charge in [-0.25, -0.2) is 4.79 Å². The number of hydrogen-bond acceptors (Lipinski definition) is 6. The van der Waals surface area contributed by atoms with Gasteiger partial charge in [-0.2, -0.15) is 0 Å². The number of nitrogens with zero attached hydrogens (tertiary/aromatic N) is 2. The highest BCUT2D eigenvalue weighted by atomic mass is 16.5. The number of rotatable bonds is 10. The summed E-state index contributed by atoms with van der Waals surface area (Å²) in [4.78, 5) is 47.6. The van der Waals surface area contributed by atoms with E-state index >= 15 is 0 Å². The van der Waals surface area contributed by atoms with Gasteiger partial charge in [0.1, 0.15) is 0 Å². The number of methoxy groups -OCH3 is 2. The topological polar surface area (TPSA) is 121 Å². The maximum Gasteiger partial charge on any atom is 0.330 e. The summed E-state index contributed by atoms with van der Waals surface area (Å²) in [5.41, 5.74) is 0.443. The van der Waals surface area contributed by atoms with Gasteiger partial charge in [0, 0.05) is 45.2 Å². The molecule has 0 aliphatic rings. The van der Waals surface area contributed by atoms with Gasteiger partial charge in [-0.05, 0) is 24.1 Å². The number of hydrogen-bond donors (Lipinski definition) is 2. The van der Waals surface area contributed by atoms with Gasteiger partial charge in [0.05, 0.1) is 20.8 Å². The smallest absolute Gasteiger partial charge is 0.330 e. The Bertz CT molecular complexity index is 1060. The van der Waals surface area contributed by atoms with Crippen LogP contribution in [-0.2, 0) is 36.6 Å². The molecule has 10 heteroatoms. The lowest BCUT2D eigenvalue weighted by Gasteiger charge is -2.11. The van der Waals surface area contributed by atoms with E-state index in [0.717, 1.165) is 10.1 Å².